The van der Waals surface area contributed by atoms with E-state index in [-0.39, 0.29) is 11.9 Å². The van der Waals surface area contributed by atoms with Crippen molar-refractivity contribution in [3.63, 3.8) is 0 Å². The number of hydrogen-bond donors (Lipinski definition) is 1. The number of carbonyl (C=O) groups is 1. The van der Waals surface area contributed by atoms with Crippen LogP contribution in [0.5, 0.6) is 0 Å². The third-order valence-electron chi connectivity index (χ3n) is 4.70. The summed E-state index contributed by atoms with van der Waals surface area (Å²) in [6.45, 7) is 3.30. The average molecular weight is 411 g/mol. The molecule has 26 heavy (non-hydrogen) atoms. The SMILES string of the molecule is CCCc1ccc2nc(N)nc(C(=O)N3Cc4ccc(Br)cc4C3)c2c1. The van der Waals surface area contributed by atoms with Gasteiger partial charge in [-0.25, -0.2) is 9.97 Å². The lowest BCUT2D eigenvalue weighted by molar-refractivity contribution is 0.0747. The molecule has 3 aromatic rings. The van der Waals surface area contributed by atoms with Crippen molar-refractivity contribution >= 4 is 38.7 Å². The summed E-state index contributed by atoms with van der Waals surface area (Å²) in [6.07, 6.45) is 2.00. The molecule has 0 saturated heterocycles. The van der Waals surface area contributed by atoms with Gasteiger partial charge in [0, 0.05) is 22.9 Å². The molecule has 0 spiro atoms. The van der Waals surface area contributed by atoms with Gasteiger partial charge >= 0.3 is 0 Å². The van der Waals surface area contributed by atoms with E-state index in [1.165, 1.54) is 11.1 Å². The van der Waals surface area contributed by atoms with Crippen LogP contribution in [0.4, 0.5) is 5.95 Å². The molecule has 1 amide bonds. The number of nitrogens with zero attached hydrogens (tertiary/aromatic N) is 3. The van der Waals surface area contributed by atoms with Gasteiger partial charge < -0.3 is 10.6 Å². The van der Waals surface area contributed by atoms with E-state index in [1.54, 1.807) is 0 Å². The summed E-state index contributed by atoms with van der Waals surface area (Å²) < 4.78 is 1.02. The summed E-state index contributed by atoms with van der Waals surface area (Å²) >= 11 is 3.49. The van der Waals surface area contributed by atoms with Crippen molar-refractivity contribution in [1.82, 2.24) is 14.9 Å². The quantitative estimate of drug-likeness (QED) is 0.705. The van der Waals surface area contributed by atoms with Crippen molar-refractivity contribution in [3.05, 3.63) is 63.3 Å². The predicted molar refractivity (Wildman–Crippen MR) is 106 cm³/mol. The first kappa shape index (κ1) is 17.0. The van der Waals surface area contributed by atoms with Crippen molar-refractivity contribution in [3.8, 4) is 0 Å². The Labute approximate surface area is 160 Å². The maximum absolute atomic E-state index is 13.2. The average Bonchev–Trinajstić information content (AvgIpc) is 3.04. The fourth-order valence-corrected chi connectivity index (χ4v) is 3.87. The number of benzene rings is 2. The monoisotopic (exact) mass is 410 g/mol. The number of carbonyl (C=O) groups excluding carboxylic acids is 1. The third kappa shape index (κ3) is 3.05. The van der Waals surface area contributed by atoms with Crippen LogP contribution in [0.15, 0.2) is 40.9 Å². The molecule has 0 fully saturated rings. The molecule has 6 heteroatoms. The van der Waals surface area contributed by atoms with E-state index in [0.717, 1.165) is 28.3 Å². The van der Waals surface area contributed by atoms with Crippen molar-refractivity contribution in [2.45, 2.75) is 32.9 Å². The van der Waals surface area contributed by atoms with Crippen molar-refractivity contribution in [1.29, 1.82) is 0 Å². The maximum atomic E-state index is 13.2. The number of fused-ring (bicyclic) bond motifs is 2. The van der Waals surface area contributed by atoms with Gasteiger partial charge in [0.05, 0.1) is 5.52 Å². The second-order valence-electron chi connectivity index (χ2n) is 6.61. The molecule has 1 aliphatic rings. The molecule has 0 saturated carbocycles. The first-order valence-electron chi connectivity index (χ1n) is 8.68. The van der Waals surface area contributed by atoms with E-state index in [1.807, 2.05) is 29.2 Å². The highest BCUT2D eigenvalue weighted by Gasteiger charge is 2.27. The summed E-state index contributed by atoms with van der Waals surface area (Å²) in [7, 11) is 0. The molecule has 0 aliphatic carbocycles. The van der Waals surface area contributed by atoms with Gasteiger partial charge in [0.15, 0.2) is 0 Å². The lowest BCUT2D eigenvalue weighted by Crippen LogP contribution is -2.27. The van der Waals surface area contributed by atoms with Crippen LogP contribution in [0.25, 0.3) is 10.9 Å². The summed E-state index contributed by atoms with van der Waals surface area (Å²) in [5.74, 6) is 0.0219. The molecule has 2 N–H and O–H groups in total. The van der Waals surface area contributed by atoms with E-state index in [4.69, 9.17) is 5.73 Å². The molecule has 2 aromatic carbocycles. The molecule has 132 valence electrons. The zero-order chi connectivity index (χ0) is 18.3. The Bertz CT molecular complexity index is 1020. The normalized spacial score (nSPS) is 13.2. The molecule has 5 nitrogen and oxygen atoms in total. The van der Waals surface area contributed by atoms with Gasteiger partial charge in [-0.1, -0.05) is 41.4 Å². The van der Waals surface area contributed by atoms with Crippen LogP contribution in [0.2, 0.25) is 0 Å². The van der Waals surface area contributed by atoms with Gasteiger partial charge in [-0.3, -0.25) is 4.79 Å². The minimum atomic E-state index is -0.106. The number of halogens is 1. The first-order valence-corrected chi connectivity index (χ1v) is 9.47. The van der Waals surface area contributed by atoms with Crippen LogP contribution in [0.3, 0.4) is 0 Å². The molecular weight excluding hydrogens is 392 g/mol. The van der Waals surface area contributed by atoms with Crippen molar-refractivity contribution < 1.29 is 4.79 Å². The highest BCUT2D eigenvalue weighted by molar-refractivity contribution is 9.10. The van der Waals surface area contributed by atoms with E-state index in [0.29, 0.717) is 24.3 Å². The molecule has 0 radical (unpaired) electrons. The minimum Gasteiger partial charge on any atom is -0.368 e. The molecule has 4 rings (SSSR count). The Morgan fingerprint density at radius 3 is 2.77 bits per heavy atom. The lowest BCUT2D eigenvalue weighted by atomic mass is 10.1. The van der Waals surface area contributed by atoms with Crippen molar-refractivity contribution in [2.75, 3.05) is 5.73 Å². The number of amides is 1. The first-order chi connectivity index (χ1) is 12.5. The number of anilines is 1. The molecule has 2 heterocycles. The molecular formula is C20H19BrN4O. The number of hydrogen-bond acceptors (Lipinski definition) is 4. The minimum absolute atomic E-state index is 0.106. The third-order valence-corrected chi connectivity index (χ3v) is 5.19. The van der Waals surface area contributed by atoms with Crippen LogP contribution in [0.1, 0.15) is 40.5 Å². The number of nitrogen functional groups attached to an aromatic ring is 1. The summed E-state index contributed by atoms with van der Waals surface area (Å²) in [5.41, 5.74) is 10.5. The van der Waals surface area contributed by atoms with Crippen LogP contribution >= 0.6 is 15.9 Å². The van der Waals surface area contributed by atoms with Gasteiger partial charge in [-0.2, -0.15) is 0 Å². The van der Waals surface area contributed by atoms with Gasteiger partial charge in [-0.05, 0) is 47.4 Å². The molecule has 0 unspecified atom stereocenters. The second-order valence-corrected chi connectivity index (χ2v) is 7.52. The Kier molecular flexibility index (Phi) is 4.36. The molecule has 1 aliphatic heterocycles. The summed E-state index contributed by atoms with van der Waals surface area (Å²) in [6, 6.07) is 12.1. The number of nitrogens with two attached hydrogens (primary N) is 1. The van der Waals surface area contributed by atoms with Crippen LogP contribution in [0, 0.1) is 0 Å². The van der Waals surface area contributed by atoms with Gasteiger partial charge in [0.25, 0.3) is 5.91 Å². The zero-order valence-electron chi connectivity index (χ0n) is 14.5. The van der Waals surface area contributed by atoms with E-state index < -0.39 is 0 Å². The number of aromatic nitrogens is 2. The Balaban J connectivity index is 1.74. The fraction of sp³-hybridized carbons (Fsp3) is 0.250. The van der Waals surface area contributed by atoms with E-state index >= 15 is 0 Å². The van der Waals surface area contributed by atoms with Gasteiger partial charge in [-0.15, -0.1) is 0 Å². The highest BCUT2D eigenvalue weighted by Crippen LogP contribution is 2.28. The zero-order valence-corrected chi connectivity index (χ0v) is 16.1. The Morgan fingerprint density at radius 2 is 1.96 bits per heavy atom. The van der Waals surface area contributed by atoms with Gasteiger partial charge in [0.1, 0.15) is 5.69 Å². The van der Waals surface area contributed by atoms with E-state index in [2.05, 4.69) is 45.0 Å². The highest BCUT2D eigenvalue weighted by atomic mass is 79.9. The topological polar surface area (TPSA) is 72.1 Å². The van der Waals surface area contributed by atoms with Crippen LogP contribution < -0.4 is 5.73 Å². The standard InChI is InChI=1S/C20H19BrN4O/c1-2-3-12-4-7-17-16(8-12)18(24-20(22)23-17)19(26)25-10-13-5-6-15(21)9-14(13)11-25/h4-9H,2-3,10-11H2,1H3,(H2,22,23,24). The number of rotatable bonds is 3. The molecule has 0 bridgehead atoms. The predicted octanol–water partition coefficient (Wildman–Crippen LogP) is 4.08. The second kappa shape index (κ2) is 6.68. The smallest absolute Gasteiger partial charge is 0.273 e. The molecule has 0 atom stereocenters. The fourth-order valence-electron chi connectivity index (χ4n) is 3.46. The van der Waals surface area contributed by atoms with Crippen molar-refractivity contribution in [2.24, 2.45) is 0 Å². The Hall–Kier alpha value is -2.47. The lowest BCUT2D eigenvalue weighted by Gasteiger charge is -2.16. The van der Waals surface area contributed by atoms with E-state index in [9.17, 15) is 4.79 Å². The maximum Gasteiger partial charge on any atom is 0.273 e. The molecule has 1 aromatic heterocycles. The summed E-state index contributed by atoms with van der Waals surface area (Å²) in [5, 5.41) is 0.771. The Morgan fingerprint density at radius 1 is 1.15 bits per heavy atom. The van der Waals surface area contributed by atoms with Gasteiger partial charge in [0.2, 0.25) is 5.95 Å². The summed E-state index contributed by atoms with van der Waals surface area (Å²) in [4.78, 5) is 23.6. The van der Waals surface area contributed by atoms with Crippen LogP contribution in [-0.2, 0) is 19.5 Å². The largest absolute Gasteiger partial charge is 0.368 e. The van der Waals surface area contributed by atoms with Crippen LogP contribution in [-0.4, -0.2) is 20.8 Å². The number of aryl methyl sites for hydroxylation is 1.